The zero-order valence-electron chi connectivity index (χ0n) is 15.1. The lowest BCUT2D eigenvalue weighted by molar-refractivity contribution is 0.0823. The SMILES string of the molecule is CCOC(=O)N(/N=C(/C(=O)c1ccccc1)c1ccccc1)C(=O)OCC. The van der Waals surface area contributed by atoms with Gasteiger partial charge in [0.1, 0.15) is 5.71 Å². The highest BCUT2D eigenvalue weighted by Crippen LogP contribution is 2.12. The second kappa shape index (κ2) is 9.86. The van der Waals surface area contributed by atoms with Gasteiger partial charge >= 0.3 is 12.2 Å². The Morgan fingerprint density at radius 2 is 1.22 bits per heavy atom. The summed E-state index contributed by atoms with van der Waals surface area (Å²) < 4.78 is 9.72. The van der Waals surface area contributed by atoms with Crippen molar-refractivity contribution in [2.45, 2.75) is 13.8 Å². The molecule has 0 unspecified atom stereocenters. The second-order valence-electron chi connectivity index (χ2n) is 5.22. The first-order valence-corrected chi connectivity index (χ1v) is 8.45. The Labute approximate surface area is 157 Å². The van der Waals surface area contributed by atoms with E-state index in [4.69, 9.17) is 9.47 Å². The average molecular weight is 368 g/mol. The number of rotatable bonds is 6. The van der Waals surface area contributed by atoms with E-state index in [1.807, 2.05) is 0 Å². The number of carbonyl (C=O) groups excluding carboxylic acids is 3. The molecule has 0 aromatic heterocycles. The molecule has 0 bridgehead atoms. The first kappa shape index (κ1) is 19.8. The molecule has 2 amide bonds. The highest BCUT2D eigenvalue weighted by molar-refractivity contribution is 6.51. The third kappa shape index (κ3) is 5.24. The van der Waals surface area contributed by atoms with Crippen molar-refractivity contribution < 1.29 is 23.9 Å². The van der Waals surface area contributed by atoms with Gasteiger partial charge in [-0.2, -0.15) is 5.10 Å². The van der Waals surface area contributed by atoms with Crippen molar-refractivity contribution in [1.82, 2.24) is 5.01 Å². The Bertz CT molecular complexity index is 801. The fraction of sp³-hybridized carbons (Fsp3) is 0.200. The van der Waals surface area contributed by atoms with Gasteiger partial charge in [0.05, 0.1) is 13.2 Å². The van der Waals surface area contributed by atoms with Gasteiger partial charge in [-0.15, -0.1) is 0 Å². The number of hydrogen-bond acceptors (Lipinski definition) is 6. The third-order valence-corrected chi connectivity index (χ3v) is 3.38. The Balaban J connectivity index is 2.53. The second-order valence-corrected chi connectivity index (χ2v) is 5.22. The Morgan fingerprint density at radius 1 is 0.778 bits per heavy atom. The number of amides is 2. The highest BCUT2D eigenvalue weighted by Gasteiger charge is 2.27. The molecule has 0 radical (unpaired) electrons. The molecule has 0 heterocycles. The van der Waals surface area contributed by atoms with Crippen molar-refractivity contribution in [1.29, 1.82) is 0 Å². The van der Waals surface area contributed by atoms with Crippen molar-refractivity contribution >= 4 is 23.7 Å². The predicted molar refractivity (Wildman–Crippen MR) is 99.6 cm³/mol. The standard InChI is InChI=1S/C20H20N2O5/c1-3-26-19(24)22(20(25)27-4-2)21-17(15-11-7-5-8-12-15)18(23)16-13-9-6-10-14-16/h5-14H,3-4H2,1-2H3/b21-17+. The molecule has 0 N–H and O–H groups in total. The summed E-state index contributed by atoms with van der Waals surface area (Å²) in [4.78, 5) is 37.3. The summed E-state index contributed by atoms with van der Waals surface area (Å²) in [7, 11) is 0. The van der Waals surface area contributed by atoms with E-state index >= 15 is 0 Å². The maximum Gasteiger partial charge on any atom is 0.440 e. The summed E-state index contributed by atoms with van der Waals surface area (Å²) >= 11 is 0. The number of ketones is 1. The number of carbonyl (C=O) groups is 3. The molecule has 0 aliphatic heterocycles. The highest BCUT2D eigenvalue weighted by atomic mass is 16.6. The molecule has 140 valence electrons. The van der Waals surface area contributed by atoms with Crippen LogP contribution in [0.4, 0.5) is 9.59 Å². The fourth-order valence-electron chi connectivity index (χ4n) is 2.18. The van der Waals surface area contributed by atoms with E-state index in [2.05, 4.69) is 5.10 Å². The van der Waals surface area contributed by atoms with Gasteiger partial charge < -0.3 is 9.47 Å². The molecule has 2 aromatic rings. The van der Waals surface area contributed by atoms with Crippen LogP contribution >= 0.6 is 0 Å². The van der Waals surface area contributed by atoms with E-state index in [0.29, 0.717) is 16.1 Å². The zero-order valence-corrected chi connectivity index (χ0v) is 15.1. The molecule has 0 atom stereocenters. The van der Waals surface area contributed by atoms with Crippen molar-refractivity contribution in [3.05, 3.63) is 71.8 Å². The minimum Gasteiger partial charge on any atom is -0.448 e. The van der Waals surface area contributed by atoms with E-state index in [0.717, 1.165) is 0 Å². The molecule has 0 saturated heterocycles. The van der Waals surface area contributed by atoms with Gasteiger partial charge in [-0.25, -0.2) is 9.59 Å². The molecule has 0 aliphatic rings. The summed E-state index contributed by atoms with van der Waals surface area (Å²) in [6, 6.07) is 17.0. The van der Waals surface area contributed by atoms with Crippen LogP contribution in [0.5, 0.6) is 0 Å². The normalized spacial score (nSPS) is 10.8. The minimum absolute atomic E-state index is 0.0392. The number of imide groups is 1. The lowest BCUT2D eigenvalue weighted by atomic mass is 10.0. The molecule has 7 heteroatoms. The largest absolute Gasteiger partial charge is 0.448 e. The fourth-order valence-corrected chi connectivity index (χ4v) is 2.18. The van der Waals surface area contributed by atoms with Crippen molar-refractivity contribution in [2.75, 3.05) is 13.2 Å². The van der Waals surface area contributed by atoms with Gasteiger partial charge in [0.25, 0.3) is 0 Å². The van der Waals surface area contributed by atoms with E-state index in [9.17, 15) is 14.4 Å². The van der Waals surface area contributed by atoms with E-state index in [-0.39, 0.29) is 18.9 Å². The summed E-state index contributed by atoms with van der Waals surface area (Å²) in [5.41, 5.74) is 0.737. The molecule has 0 spiro atoms. The maximum atomic E-state index is 13.0. The lowest BCUT2D eigenvalue weighted by Crippen LogP contribution is -2.35. The molecule has 0 fully saturated rings. The molecule has 2 rings (SSSR count). The van der Waals surface area contributed by atoms with Gasteiger partial charge in [0.2, 0.25) is 5.78 Å². The number of benzene rings is 2. The summed E-state index contributed by atoms with van der Waals surface area (Å²) in [5, 5.41) is 4.44. The number of hydrazone groups is 1. The van der Waals surface area contributed by atoms with Crippen LogP contribution in [0, 0.1) is 0 Å². The maximum absolute atomic E-state index is 13.0. The molecule has 0 saturated carbocycles. The van der Waals surface area contributed by atoms with Gasteiger partial charge in [-0.3, -0.25) is 4.79 Å². The summed E-state index contributed by atoms with van der Waals surface area (Å²) in [6.07, 6.45) is -2.05. The number of Topliss-reactive ketones (excluding diaryl/α,β-unsaturated/α-hetero) is 1. The quantitative estimate of drug-likeness (QED) is 0.439. The van der Waals surface area contributed by atoms with Crippen LogP contribution in [0.1, 0.15) is 29.8 Å². The van der Waals surface area contributed by atoms with Crippen LogP contribution in [-0.4, -0.2) is 41.9 Å². The van der Waals surface area contributed by atoms with Gasteiger partial charge in [-0.05, 0) is 13.8 Å². The van der Waals surface area contributed by atoms with E-state index < -0.39 is 18.0 Å². The molecule has 7 nitrogen and oxygen atoms in total. The first-order chi connectivity index (χ1) is 13.1. The topological polar surface area (TPSA) is 85.3 Å². The number of ether oxygens (including phenoxy) is 2. The van der Waals surface area contributed by atoms with Crippen LogP contribution in [0.15, 0.2) is 65.8 Å². The zero-order chi connectivity index (χ0) is 19.6. The van der Waals surface area contributed by atoms with Crippen LogP contribution < -0.4 is 0 Å². The van der Waals surface area contributed by atoms with Crippen LogP contribution in [0.2, 0.25) is 0 Å². The predicted octanol–water partition coefficient (Wildman–Crippen LogP) is 3.89. The average Bonchev–Trinajstić information content (AvgIpc) is 2.70. The molecule has 27 heavy (non-hydrogen) atoms. The monoisotopic (exact) mass is 368 g/mol. The lowest BCUT2D eigenvalue weighted by Gasteiger charge is -2.16. The summed E-state index contributed by atoms with van der Waals surface area (Å²) in [6.45, 7) is 3.27. The van der Waals surface area contributed by atoms with Crippen LogP contribution in [-0.2, 0) is 9.47 Å². The minimum atomic E-state index is -1.02. The van der Waals surface area contributed by atoms with Crippen LogP contribution in [0.25, 0.3) is 0 Å². The first-order valence-electron chi connectivity index (χ1n) is 8.45. The molecular weight excluding hydrogens is 348 g/mol. The van der Waals surface area contributed by atoms with Gasteiger partial charge in [-0.1, -0.05) is 65.7 Å². The number of nitrogens with zero attached hydrogens (tertiary/aromatic N) is 2. The molecular formula is C20H20N2O5. The van der Waals surface area contributed by atoms with E-state index in [1.165, 1.54) is 0 Å². The van der Waals surface area contributed by atoms with Crippen molar-refractivity contribution in [2.24, 2.45) is 5.10 Å². The van der Waals surface area contributed by atoms with Gasteiger partial charge in [0.15, 0.2) is 0 Å². The Morgan fingerprint density at radius 3 is 1.67 bits per heavy atom. The number of hydrogen-bond donors (Lipinski definition) is 0. The summed E-state index contributed by atoms with van der Waals surface area (Å²) in [5.74, 6) is -0.444. The van der Waals surface area contributed by atoms with Gasteiger partial charge in [0, 0.05) is 11.1 Å². The van der Waals surface area contributed by atoms with Crippen molar-refractivity contribution in [3.63, 3.8) is 0 Å². The van der Waals surface area contributed by atoms with Crippen LogP contribution in [0.3, 0.4) is 0 Å². The van der Waals surface area contributed by atoms with E-state index in [1.54, 1.807) is 74.5 Å². The third-order valence-electron chi connectivity index (χ3n) is 3.38. The Kier molecular flexibility index (Phi) is 7.25. The smallest absolute Gasteiger partial charge is 0.440 e. The molecule has 2 aromatic carbocycles. The Hall–Kier alpha value is -3.48. The van der Waals surface area contributed by atoms with Crippen molar-refractivity contribution in [3.8, 4) is 0 Å². The molecule has 0 aliphatic carbocycles.